The fourth-order valence-electron chi connectivity index (χ4n) is 1.64. The highest BCUT2D eigenvalue weighted by Crippen LogP contribution is 2.21. The number of carbonyl (C=O) groups excluding carboxylic acids is 1. The van der Waals surface area contributed by atoms with Crippen LogP contribution in [0.4, 0.5) is 4.39 Å². The molecule has 1 aromatic heterocycles. The minimum atomic E-state index is -0.301. The van der Waals surface area contributed by atoms with Gasteiger partial charge in [0.15, 0.2) is 5.78 Å². The lowest BCUT2D eigenvalue weighted by atomic mass is 10.2. The van der Waals surface area contributed by atoms with E-state index in [1.165, 1.54) is 6.07 Å². The second-order valence-corrected chi connectivity index (χ2v) is 4.71. The zero-order chi connectivity index (χ0) is 13.1. The fraction of sp³-hybridized carbons (Fsp3) is 0.231. The molecule has 0 radical (unpaired) electrons. The Morgan fingerprint density at radius 1 is 1.50 bits per heavy atom. The van der Waals surface area contributed by atoms with Crippen LogP contribution in [-0.4, -0.2) is 15.6 Å². The number of Topliss-reactive ketones (excluding diaryl/α,β-unsaturated/α-hetero) is 1. The molecule has 0 amide bonds. The summed E-state index contributed by atoms with van der Waals surface area (Å²) in [6.07, 6.45) is 3.68. The fourth-order valence-corrected chi connectivity index (χ4v) is 2.03. The van der Waals surface area contributed by atoms with E-state index in [0.717, 1.165) is 5.56 Å². The van der Waals surface area contributed by atoms with E-state index >= 15 is 0 Å². The summed E-state index contributed by atoms with van der Waals surface area (Å²) in [6.45, 7) is 2.23. The van der Waals surface area contributed by atoms with Crippen molar-refractivity contribution in [3.8, 4) is 0 Å². The van der Waals surface area contributed by atoms with E-state index in [4.69, 9.17) is 0 Å². The highest BCUT2D eigenvalue weighted by atomic mass is 79.9. The summed E-state index contributed by atoms with van der Waals surface area (Å²) in [5.41, 5.74) is 1.37. The maximum absolute atomic E-state index is 13.3. The number of nitrogens with zero attached hydrogens (tertiary/aromatic N) is 2. The van der Waals surface area contributed by atoms with E-state index in [2.05, 4.69) is 21.0 Å². The van der Waals surface area contributed by atoms with Crippen molar-refractivity contribution < 1.29 is 9.18 Å². The number of ketones is 1. The first-order valence-corrected chi connectivity index (χ1v) is 6.39. The molecule has 0 atom stereocenters. The monoisotopic (exact) mass is 310 g/mol. The highest BCUT2D eigenvalue weighted by Gasteiger charge is 2.09. The number of rotatable bonds is 4. The van der Waals surface area contributed by atoms with Crippen molar-refractivity contribution >= 4 is 21.7 Å². The van der Waals surface area contributed by atoms with Crippen LogP contribution in [0.3, 0.4) is 0 Å². The lowest BCUT2D eigenvalue weighted by Gasteiger charge is -2.05. The minimum absolute atomic E-state index is 0.0551. The van der Waals surface area contributed by atoms with Gasteiger partial charge in [-0.15, -0.1) is 0 Å². The number of hydrogen-bond acceptors (Lipinski definition) is 2. The third-order valence-electron chi connectivity index (χ3n) is 2.64. The number of carbonyl (C=O) groups is 1. The molecule has 0 bridgehead atoms. The predicted molar refractivity (Wildman–Crippen MR) is 70.1 cm³/mol. The van der Waals surface area contributed by atoms with Gasteiger partial charge in [0, 0.05) is 12.6 Å². The average Bonchev–Trinajstić information content (AvgIpc) is 2.82. The molecule has 0 aliphatic heterocycles. The molecule has 0 saturated carbocycles. The largest absolute Gasteiger partial charge is 0.294 e. The van der Waals surface area contributed by atoms with Crippen molar-refractivity contribution in [2.24, 2.45) is 0 Å². The molecule has 0 unspecified atom stereocenters. The van der Waals surface area contributed by atoms with Gasteiger partial charge in [-0.25, -0.2) is 4.39 Å². The second-order valence-electron chi connectivity index (χ2n) is 3.92. The SMILES string of the molecule is CCC(=O)c1cnn(Cc2cccc(F)c2Br)c1. The minimum Gasteiger partial charge on any atom is -0.294 e. The van der Waals surface area contributed by atoms with Crippen molar-refractivity contribution in [1.82, 2.24) is 9.78 Å². The van der Waals surface area contributed by atoms with Gasteiger partial charge in [0.05, 0.1) is 22.8 Å². The molecule has 0 aliphatic rings. The van der Waals surface area contributed by atoms with Crippen LogP contribution in [0, 0.1) is 5.82 Å². The summed E-state index contributed by atoms with van der Waals surface area (Å²) < 4.78 is 15.4. The molecule has 2 rings (SSSR count). The Balaban J connectivity index is 2.21. The van der Waals surface area contributed by atoms with Crippen LogP contribution in [0.1, 0.15) is 29.3 Å². The van der Waals surface area contributed by atoms with Crippen LogP contribution in [0.5, 0.6) is 0 Å². The Morgan fingerprint density at radius 3 is 3.00 bits per heavy atom. The van der Waals surface area contributed by atoms with Crippen LogP contribution in [-0.2, 0) is 6.54 Å². The van der Waals surface area contributed by atoms with Gasteiger partial charge in [-0.05, 0) is 27.6 Å². The third kappa shape index (κ3) is 2.67. The molecule has 3 nitrogen and oxygen atoms in total. The van der Waals surface area contributed by atoms with Gasteiger partial charge in [0.1, 0.15) is 5.82 Å². The Labute approximate surface area is 113 Å². The first-order valence-electron chi connectivity index (χ1n) is 5.60. The molecule has 0 fully saturated rings. The van der Waals surface area contributed by atoms with Gasteiger partial charge < -0.3 is 0 Å². The molecule has 5 heteroatoms. The van der Waals surface area contributed by atoms with Crippen LogP contribution < -0.4 is 0 Å². The number of hydrogen-bond donors (Lipinski definition) is 0. The molecule has 94 valence electrons. The Bertz CT molecular complexity index is 580. The van der Waals surface area contributed by atoms with E-state index < -0.39 is 0 Å². The molecule has 0 saturated heterocycles. The van der Waals surface area contributed by atoms with E-state index in [9.17, 15) is 9.18 Å². The first-order chi connectivity index (χ1) is 8.61. The lowest BCUT2D eigenvalue weighted by Crippen LogP contribution is -2.02. The second kappa shape index (κ2) is 5.44. The van der Waals surface area contributed by atoms with Gasteiger partial charge in [-0.3, -0.25) is 9.48 Å². The van der Waals surface area contributed by atoms with Crippen molar-refractivity contribution in [1.29, 1.82) is 0 Å². The van der Waals surface area contributed by atoms with Crippen molar-refractivity contribution in [3.05, 3.63) is 52.0 Å². The summed E-state index contributed by atoms with van der Waals surface area (Å²) >= 11 is 3.20. The smallest absolute Gasteiger partial charge is 0.165 e. The van der Waals surface area contributed by atoms with Gasteiger partial charge in [0.25, 0.3) is 0 Å². The average molecular weight is 311 g/mol. The van der Waals surface area contributed by atoms with Gasteiger partial charge in [-0.1, -0.05) is 19.1 Å². The van der Waals surface area contributed by atoms with E-state index in [1.54, 1.807) is 23.1 Å². The normalized spacial score (nSPS) is 10.6. The maximum atomic E-state index is 13.3. The van der Waals surface area contributed by atoms with Crippen molar-refractivity contribution in [2.45, 2.75) is 19.9 Å². The van der Waals surface area contributed by atoms with E-state index in [0.29, 0.717) is 23.0 Å². The lowest BCUT2D eigenvalue weighted by molar-refractivity contribution is 0.0988. The summed E-state index contributed by atoms with van der Waals surface area (Å²) in [4.78, 5) is 11.5. The van der Waals surface area contributed by atoms with Crippen LogP contribution >= 0.6 is 15.9 Å². The van der Waals surface area contributed by atoms with Crippen LogP contribution in [0.25, 0.3) is 0 Å². The van der Waals surface area contributed by atoms with Crippen LogP contribution in [0.15, 0.2) is 35.1 Å². The molecule has 0 aliphatic carbocycles. The Morgan fingerprint density at radius 2 is 2.28 bits per heavy atom. The molecule has 0 N–H and O–H groups in total. The standard InChI is InChI=1S/C13H12BrFN2O/c1-2-12(18)10-6-16-17(8-10)7-9-4-3-5-11(15)13(9)14/h3-6,8H,2,7H2,1H3. The summed E-state index contributed by atoms with van der Waals surface area (Å²) in [5, 5.41) is 4.10. The molecule has 1 aromatic carbocycles. The first kappa shape index (κ1) is 13.0. The molecular weight excluding hydrogens is 299 g/mol. The maximum Gasteiger partial charge on any atom is 0.165 e. The van der Waals surface area contributed by atoms with E-state index in [-0.39, 0.29) is 11.6 Å². The highest BCUT2D eigenvalue weighted by molar-refractivity contribution is 9.10. The van der Waals surface area contributed by atoms with Crippen molar-refractivity contribution in [2.75, 3.05) is 0 Å². The molecule has 2 aromatic rings. The topological polar surface area (TPSA) is 34.9 Å². The third-order valence-corrected chi connectivity index (χ3v) is 3.53. The summed E-state index contributed by atoms with van der Waals surface area (Å²) in [6, 6.07) is 4.86. The molecule has 1 heterocycles. The molecular formula is C13H12BrFN2O. The van der Waals surface area contributed by atoms with Gasteiger partial charge >= 0.3 is 0 Å². The van der Waals surface area contributed by atoms with Gasteiger partial charge in [0.2, 0.25) is 0 Å². The Hall–Kier alpha value is -1.49. The van der Waals surface area contributed by atoms with Gasteiger partial charge in [-0.2, -0.15) is 5.10 Å². The zero-order valence-electron chi connectivity index (χ0n) is 9.86. The number of aromatic nitrogens is 2. The number of halogens is 2. The molecule has 0 spiro atoms. The van der Waals surface area contributed by atoms with E-state index in [1.807, 2.05) is 13.0 Å². The number of benzene rings is 1. The quantitative estimate of drug-likeness (QED) is 0.811. The predicted octanol–water partition coefficient (Wildman–Crippen LogP) is 3.43. The van der Waals surface area contributed by atoms with Crippen molar-refractivity contribution in [3.63, 3.8) is 0 Å². The summed E-state index contributed by atoms with van der Waals surface area (Å²) in [7, 11) is 0. The summed E-state index contributed by atoms with van der Waals surface area (Å²) in [5.74, 6) is -0.246. The van der Waals surface area contributed by atoms with Crippen LogP contribution in [0.2, 0.25) is 0 Å². The zero-order valence-corrected chi connectivity index (χ0v) is 11.4. The molecule has 18 heavy (non-hydrogen) atoms. The Kier molecular flexibility index (Phi) is 3.91.